The number of nitrogens with zero attached hydrogens (tertiary/aromatic N) is 4. The summed E-state index contributed by atoms with van der Waals surface area (Å²) in [4.78, 5) is 34.8. The largest absolute Gasteiger partial charge is 0.450 e. The number of piperazine rings is 1. The third kappa shape index (κ3) is 7.46. The van der Waals surface area contributed by atoms with E-state index in [1.54, 1.807) is 11.9 Å². The molecule has 2 aliphatic rings. The second kappa shape index (κ2) is 13.0. The van der Waals surface area contributed by atoms with Crippen LogP contribution in [0.25, 0.3) is 0 Å². The van der Waals surface area contributed by atoms with Crippen LogP contribution in [-0.2, 0) is 16.0 Å². The zero-order chi connectivity index (χ0) is 23.1. The topological polar surface area (TPSA) is 86.7 Å². The van der Waals surface area contributed by atoms with Crippen molar-refractivity contribution >= 4 is 41.9 Å². The molecule has 2 heterocycles. The molecule has 184 valence electrons. The summed E-state index contributed by atoms with van der Waals surface area (Å²) in [5.74, 6) is 0.840. The number of hydrogen-bond acceptors (Lipinski definition) is 5. The lowest BCUT2D eigenvalue weighted by Gasteiger charge is -2.36. The summed E-state index contributed by atoms with van der Waals surface area (Å²) in [7, 11) is 1.76. The Morgan fingerprint density at radius 1 is 1.03 bits per heavy atom. The SMILES string of the molecule is CCOC(=O)N1CCN(C(=NC)NCc2ccc(C(=O)N3CC(C)OC(C)C3)cc2)CC1.I. The Morgan fingerprint density at radius 2 is 1.61 bits per heavy atom. The van der Waals surface area contributed by atoms with E-state index in [1.165, 1.54) is 0 Å². The average Bonchev–Trinajstić information content (AvgIpc) is 2.79. The highest BCUT2D eigenvalue weighted by Crippen LogP contribution is 2.15. The molecule has 2 aliphatic heterocycles. The van der Waals surface area contributed by atoms with E-state index in [0.717, 1.165) is 11.5 Å². The second-order valence-electron chi connectivity index (χ2n) is 8.24. The van der Waals surface area contributed by atoms with Gasteiger partial charge in [-0.25, -0.2) is 4.79 Å². The molecule has 0 spiro atoms. The fraction of sp³-hybridized carbons (Fsp3) is 0.609. The summed E-state index contributed by atoms with van der Waals surface area (Å²) in [5.41, 5.74) is 1.76. The Balaban J connectivity index is 0.00000385. The van der Waals surface area contributed by atoms with Crippen molar-refractivity contribution in [2.75, 3.05) is 52.9 Å². The van der Waals surface area contributed by atoms with E-state index in [4.69, 9.17) is 9.47 Å². The van der Waals surface area contributed by atoms with E-state index in [-0.39, 0.29) is 48.2 Å². The number of aliphatic imine (C=N–C) groups is 1. The van der Waals surface area contributed by atoms with Crippen molar-refractivity contribution in [2.45, 2.75) is 39.5 Å². The zero-order valence-corrected chi connectivity index (χ0v) is 22.3. The minimum absolute atomic E-state index is 0. The van der Waals surface area contributed by atoms with Gasteiger partial charge in [-0.1, -0.05) is 12.1 Å². The molecule has 10 heteroatoms. The predicted octanol–water partition coefficient (Wildman–Crippen LogP) is 2.40. The summed E-state index contributed by atoms with van der Waals surface area (Å²) in [5, 5.41) is 3.38. The standard InChI is InChI=1S/C23H35N5O4.HI/c1-5-31-23(30)27-12-10-26(11-13-27)22(24-4)25-14-19-6-8-20(9-7-19)21(29)28-15-17(2)32-18(3)16-28;/h6-9,17-18H,5,10-16H2,1-4H3,(H,24,25);1H. The van der Waals surface area contributed by atoms with Gasteiger partial charge in [0.1, 0.15) is 0 Å². The molecular weight excluding hydrogens is 537 g/mol. The van der Waals surface area contributed by atoms with Gasteiger partial charge in [-0.05, 0) is 38.5 Å². The lowest BCUT2D eigenvalue weighted by Crippen LogP contribution is -2.53. The van der Waals surface area contributed by atoms with Gasteiger partial charge in [0.25, 0.3) is 5.91 Å². The fourth-order valence-corrected chi connectivity index (χ4v) is 4.12. The van der Waals surface area contributed by atoms with Gasteiger partial charge in [0.05, 0.1) is 18.8 Å². The summed E-state index contributed by atoms with van der Waals surface area (Å²) in [6.45, 7) is 10.6. The molecule has 0 bridgehead atoms. The van der Waals surface area contributed by atoms with Gasteiger partial charge in [0.15, 0.2) is 5.96 Å². The van der Waals surface area contributed by atoms with Gasteiger partial charge >= 0.3 is 6.09 Å². The molecule has 9 nitrogen and oxygen atoms in total. The molecule has 33 heavy (non-hydrogen) atoms. The van der Waals surface area contributed by atoms with Crippen LogP contribution in [0.3, 0.4) is 0 Å². The number of benzene rings is 1. The second-order valence-corrected chi connectivity index (χ2v) is 8.24. The Bertz CT molecular complexity index is 802. The number of rotatable bonds is 4. The summed E-state index contributed by atoms with van der Waals surface area (Å²) in [6, 6.07) is 7.70. The van der Waals surface area contributed by atoms with E-state index < -0.39 is 0 Å². The number of ether oxygens (including phenoxy) is 2. The molecule has 1 aromatic rings. The van der Waals surface area contributed by atoms with Crippen LogP contribution in [0.4, 0.5) is 4.79 Å². The van der Waals surface area contributed by atoms with E-state index in [9.17, 15) is 9.59 Å². The van der Waals surface area contributed by atoms with Crippen LogP contribution in [0.1, 0.15) is 36.7 Å². The Morgan fingerprint density at radius 3 is 2.15 bits per heavy atom. The van der Waals surface area contributed by atoms with Gasteiger partial charge < -0.3 is 29.5 Å². The van der Waals surface area contributed by atoms with Crippen molar-refractivity contribution in [1.29, 1.82) is 0 Å². The molecule has 2 unspecified atom stereocenters. The van der Waals surface area contributed by atoms with Crippen LogP contribution in [0, 0.1) is 0 Å². The lowest BCUT2D eigenvalue weighted by molar-refractivity contribution is -0.0586. The average molecular weight is 573 g/mol. The molecule has 2 saturated heterocycles. The predicted molar refractivity (Wildman–Crippen MR) is 138 cm³/mol. The van der Waals surface area contributed by atoms with Gasteiger partial charge in [-0.2, -0.15) is 0 Å². The smallest absolute Gasteiger partial charge is 0.409 e. The molecule has 0 aromatic heterocycles. The maximum absolute atomic E-state index is 12.8. The van der Waals surface area contributed by atoms with Gasteiger partial charge in [-0.3, -0.25) is 9.79 Å². The van der Waals surface area contributed by atoms with Crippen molar-refractivity contribution in [1.82, 2.24) is 20.0 Å². The Hall–Kier alpha value is -2.08. The highest BCUT2D eigenvalue weighted by Gasteiger charge is 2.27. The first-order valence-electron chi connectivity index (χ1n) is 11.3. The highest BCUT2D eigenvalue weighted by molar-refractivity contribution is 14.0. The quantitative estimate of drug-likeness (QED) is 0.339. The molecule has 0 radical (unpaired) electrons. The third-order valence-corrected chi connectivity index (χ3v) is 5.68. The fourth-order valence-electron chi connectivity index (χ4n) is 4.12. The first-order chi connectivity index (χ1) is 15.4. The molecule has 1 aromatic carbocycles. The van der Waals surface area contributed by atoms with E-state index in [0.29, 0.717) is 58.0 Å². The zero-order valence-electron chi connectivity index (χ0n) is 20.0. The number of halogens is 1. The minimum Gasteiger partial charge on any atom is -0.450 e. The maximum atomic E-state index is 12.8. The Labute approximate surface area is 213 Å². The van der Waals surface area contributed by atoms with Crippen LogP contribution in [0.15, 0.2) is 29.3 Å². The van der Waals surface area contributed by atoms with Gasteiger partial charge in [0.2, 0.25) is 0 Å². The normalized spacial score (nSPS) is 21.3. The number of carbonyl (C=O) groups is 2. The van der Waals surface area contributed by atoms with E-state index in [2.05, 4.69) is 15.2 Å². The van der Waals surface area contributed by atoms with Crippen molar-refractivity contribution < 1.29 is 19.1 Å². The minimum atomic E-state index is -0.259. The Kier molecular flexibility index (Phi) is 10.7. The molecule has 0 saturated carbocycles. The number of amides is 2. The van der Waals surface area contributed by atoms with E-state index in [1.807, 2.05) is 49.9 Å². The van der Waals surface area contributed by atoms with Crippen molar-refractivity contribution in [2.24, 2.45) is 4.99 Å². The number of nitrogens with one attached hydrogen (secondary N) is 1. The van der Waals surface area contributed by atoms with E-state index >= 15 is 0 Å². The van der Waals surface area contributed by atoms with Gasteiger partial charge in [0, 0.05) is 58.4 Å². The third-order valence-electron chi connectivity index (χ3n) is 5.68. The number of carbonyl (C=O) groups excluding carboxylic acids is 2. The van der Waals surface area contributed by atoms with Crippen LogP contribution in [-0.4, -0.2) is 97.8 Å². The first-order valence-corrected chi connectivity index (χ1v) is 11.3. The van der Waals surface area contributed by atoms with Crippen LogP contribution >= 0.6 is 24.0 Å². The molecule has 2 amide bonds. The highest BCUT2D eigenvalue weighted by atomic mass is 127. The molecule has 0 aliphatic carbocycles. The summed E-state index contributed by atoms with van der Waals surface area (Å²) >= 11 is 0. The lowest BCUT2D eigenvalue weighted by atomic mass is 10.1. The maximum Gasteiger partial charge on any atom is 0.409 e. The van der Waals surface area contributed by atoms with Crippen LogP contribution < -0.4 is 5.32 Å². The van der Waals surface area contributed by atoms with Crippen LogP contribution in [0.2, 0.25) is 0 Å². The number of hydrogen-bond donors (Lipinski definition) is 1. The summed E-state index contributed by atoms with van der Waals surface area (Å²) in [6.07, 6.45) is -0.153. The number of guanidine groups is 1. The first kappa shape index (κ1) is 27.2. The van der Waals surface area contributed by atoms with Gasteiger partial charge in [-0.15, -0.1) is 24.0 Å². The molecule has 2 fully saturated rings. The monoisotopic (exact) mass is 573 g/mol. The van der Waals surface area contributed by atoms with Crippen LogP contribution in [0.5, 0.6) is 0 Å². The molecular formula is C23H36IN5O4. The number of morpholine rings is 1. The van der Waals surface area contributed by atoms with Crippen molar-refractivity contribution in [3.8, 4) is 0 Å². The molecule has 2 atom stereocenters. The van der Waals surface area contributed by atoms with Crippen molar-refractivity contribution in [3.05, 3.63) is 35.4 Å². The van der Waals surface area contributed by atoms with Crippen molar-refractivity contribution in [3.63, 3.8) is 0 Å². The molecule has 3 rings (SSSR count). The molecule has 1 N–H and O–H groups in total. The summed E-state index contributed by atoms with van der Waals surface area (Å²) < 4.78 is 10.8.